The van der Waals surface area contributed by atoms with E-state index in [1.807, 2.05) is 24.3 Å². The summed E-state index contributed by atoms with van der Waals surface area (Å²) in [5, 5.41) is 3.18. The van der Waals surface area contributed by atoms with E-state index < -0.39 is 10.0 Å². The summed E-state index contributed by atoms with van der Waals surface area (Å²) in [7, 11) is -3.56. The van der Waals surface area contributed by atoms with Gasteiger partial charge >= 0.3 is 0 Å². The Morgan fingerprint density at radius 1 is 0.966 bits per heavy atom. The van der Waals surface area contributed by atoms with Crippen molar-refractivity contribution in [3.05, 3.63) is 48.2 Å². The molecule has 29 heavy (non-hydrogen) atoms. The van der Waals surface area contributed by atoms with Crippen molar-refractivity contribution < 1.29 is 13.2 Å². The van der Waals surface area contributed by atoms with Crippen LogP contribution in [0.4, 0.5) is 11.5 Å². The van der Waals surface area contributed by atoms with Gasteiger partial charge in [0.1, 0.15) is 10.7 Å². The normalized spacial score (nSPS) is 18.2. The van der Waals surface area contributed by atoms with Crippen LogP contribution in [0.3, 0.4) is 0 Å². The van der Waals surface area contributed by atoms with Crippen LogP contribution in [0.2, 0.25) is 0 Å². The molecule has 0 spiro atoms. The van der Waals surface area contributed by atoms with E-state index in [0.717, 1.165) is 43.5 Å². The number of amides is 1. The first kappa shape index (κ1) is 19.8. The molecule has 0 bridgehead atoms. The van der Waals surface area contributed by atoms with E-state index in [1.165, 1.54) is 0 Å². The van der Waals surface area contributed by atoms with Crippen molar-refractivity contribution in [2.75, 3.05) is 29.9 Å². The Hall–Kier alpha value is -2.45. The number of benzene rings is 1. The number of piperidine rings is 1. The molecule has 2 aliphatic heterocycles. The maximum Gasteiger partial charge on any atom is 0.246 e. The Kier molecular flexibility index (Phi) is 5.82. The van der Waals surface area contributed by atoms with Gasteiger partial charge < -0.3 is 10.2 Å². The van der Waals surface area contributed by atoms with Crippen molar-refractivity contribution in [2.24, 2.45) is 0 Å². The molecular formula is C21H26N4O3S. The minimum atomic E-state index is -3.56. The first-order chi connectivity index (χ1) is 14.1. The third kappa shape index (κ3) is 4.28. The van der Waals surface area contributed by atoms with Crippen LogP contribution in [0.15, 0.2) is 47.5 Å². The van der Waals surface area contributed by atoms with Crippen LogP contribution in [0.25, 0.3) is 0 Å². The molecule has 2 fully saturated rings. The number of pyridine rings is 1. The molecule has 154 valence electrons. The second-order valence-corrected chi connectivity index (χ2v) is 9.39. The summed E-state index contributed by atoms with van der Waals surface area (Å²) in [6.45, 7) is 2.34. The average Bonchev–Trinajstić information content (AvgIpc) is 3.19. The van der Waals surface area contributed by atoms with Crippen LogP contribution < -0.4 is 10.2 Å². The molecule has 2 aromatic rings. The summed E-state index contributed by atoms with van der Waals surface area (Å²) in [6, 6.07) is 11.0. The fraction of sp³-hybridized carbons (Fsp3) is 0.429. The molecule has 0 unspecified atom stereocenters. The van der Waals surface area contributed by atoms with Gasteiger partial charge in [0.05, 0.1) is 0 Å². The van der Waals surface area contributed by atoms with E-state index in [-0.39, 0.29) is 10.8 Å². The molecule has 3 heterocycles. The Labute approximate surface area is 171 Å². The number of nitrogens with zero attached hydrogens (tertiary/aromatic N) is 3. The molecule has 0 atom stereocenters. The first-order valence-electron chi connectivity index (χ1n) is 10.1. The summed E-state index contributed by atoms with van der Waals surface area (Å²) in [5.41, 5.74) is 1.90. The van der Waals surface area contributed by atoms with Gasteiger partial charge in [-0.05, 0) is 49.1 Å². The quantitative estimate of drug-likeness (QED) is 0.786. The van der Waals surface area contributed by atoms with E-state index in [1.54, 1.807) is 27.5 Å². The van der Waals surface area contributed by atoms with E-state index in [0.29, 0.717) is 31.9 Å². The average molecular weight is 415 g/mol. The van der Waals surface area contributed by atoms with Crippen LogP contribution in [0.5, 0.6) is 0 Å². The van der Waals surface area contributed by atoms with Crippen LogP contribution in [0.1, 0.15) is 37.7 Å². The molecule has 0 aliphatic carbocycles. The third-order valence-corrected chi connectivity index (χ3v) is 7.42. The van der Waals surface area contributed by atoms with Gasteiger partial charge in [0, 0.05) is 44.5 Å². The molecule has 1 aromatic carbocycles. The molecule has 4 rings (SSSR count). The predicted octanol–water partition coefficient (Wildman–Crippen LogP) is 3.00. The molecule has 7 nitrogen and oxygen atoms in total. The van der Waals surface area contributed by atoms with Gasteiger partial charge in [-0.1, -0.05) is 18.6 Å². The van der Waals surface area contributed by atoms with Gasteiger partial charge in [-0.2, -0.15) is 4.31 Å². The van der Waals surface area contributed by atoms with Gasteiger partial charge in [-0.25, -0.2) is 13.4 Å². The topological polar surface area (TPSA) is 82.6 Å². The van der Waals surface area contributed by atoms with Gasteiger partial charge in [0.2, 0.25) is 15.9 Å². The number of aromatic nitrogens is 1. The van der Waals surface area contributed by atoms with Gasteiger partial charge in [0.25, 0.3) is 0 Å². The number of hydrogen-bond donors (Lipinski definition) is 1. The Bertz CT molecular complexity index is 970. The van der Waals surface area contributed by atoms with Crippen molar-refractivity contribution >= 4 is 27.4 Å². The highest BCUT2D eigenvalue weighted by molar-refractivity contribution is 7.89. The zero-order valence-electron chi connectivity index (χ0n) is 16.4. The van der Waals surface area contributed by atoms with Crippen molar-refractivity contribution in [3.8, 4) is 0 Å². The lowest BCUT2D eigenvalue weighted by Gasteiger charge is -2.26. The monoisotopic (exact) mass is 414 g/mol. The van der Waals surface area contributed by atoms with Crippen LogP contribution in [-0.4, -0.2) is 43.2 Å². The lowest BCUT2D eigenvalue weighted by Crippen LogP contribution is -2.36. The van der Waals surface area contributed by atoms with Gasteiger partial charge in [0.15, 0.2) is 0 Å². The largest absolute Gasteiger partial charge is 0.365 e. The maximum absolute atomic E-state index is 13.1. The lowest BCUT2D eigenvalue weighted by atomic mass is 10.2. The minimum absolute atomic E-state index is 0.164. The van der Waals surface area contributed by atoms with Crippen molar-refractivity contribution in [3.63, 3.8) is 0 Å². The van der Waals surface area contributed by atoms with E-state index in [9.17, 15) is 13.2 Å². The summed E-state index contributed by atoms with van der Waals surface area (Å²) in [4.78, 5) is 18.2. The van der Waals surface area contributed by atoms with Gasteiger partial charge in [-0.15, -0.1) is 0 Å². The zero-order chi connectivity index (χ0) is 20.3. The fourth-order valence-electron chi connectivity index (χ4n) is 3.88. The fourth-order valence-corrected chi connectivity index (χ4v) is 5.51. The molecule has 1 amide bonds. The first-order valence-corrected chi connectivity index (χ1v) is 11.6. The standard InChI is InChI=1S/C21H26N4O3S/c26-20-7-5-15-25(20)18-10-8-17(9-11-18)16-23-21-19(6-4-12-22-21)29(27,28)24-13-2-1-3-14-24/h4,6,8-12H,1-3,5,7,13-16H2,(H,22,23). The lowest BCUT2D eigenvalue weighted by molar-refractivity contribution is -0.117. The molecule has 2 saturated heterocycles. The van der Waals surface area contributed by atoms with E-state index in [4.69, 9.17) is 0 Å². The Balaban J connectivity index is 1.47. The van der Waals surface area contributed by atoms with Crippen molar-refractivity contribution in [1.29, 1.82) is 0 Å². The smallest absolute Gasteiger partial charge is 0.246 e. The second kappa shape index (κ2) is 8.51. The third-order valence-electron chi connectivity index (χ3n) is 5.48. The van der Waals surface area contributed by atoms with E-state index in [2.05, 4.69) is 10.3 Å². The van der Waals surface area contributed by atoms with Crippen molar-refractivity contribution in [1.82, 2.24) is 9.29 Å². The van der Waals surface area contributed by atoms with Crippen LogP contribution in [-0.2, 0) is 21.4 Å². The molecule has 1 N–H and O–H groups in total. The second-order valence-electron chi connectivity index (χ2n) is 7.48. The number of carbonyl (C=O) groups excluding carboxylic acids is 1. The van der Waals surface area contributed by atoms with Crippen molar-refractivity contribution in [2.45, 2.75) is 43.5 Å². The molecule has 2 aliphatic rings. The highest BCUT2D eigenvalue weighted by atomic mass is 32.2. The number of hydrogen-bond acceptors (Lipinski definition) is 5. The number of anilines is 2. The van der Waals surface area contributed by atoms with Gasteiger partial charge in [-0.3, -0.25) is 4.79 Å². The number of rotatable bonds is 6. The molecule has 8 heteroatoms. The molecule has 0 radical (unpaired) electrons. The van der Waals surface area contributed by atoms with Crippen LogP contribution >= 0.6 is 0 Å². The summed E-state index contributed by atoms with van der Waals surface area (Å²) in [6.07, 6.45) is 5.97. The Morgan fingerprint density at radius 2 is 1.72 bits per heavy atom. The SMILES string of the molecule is O=C1CCCN1c1ccc(CNc2ncccc2S(=O)(=O)N2CCCCC2)cc1. The number of nitrogens with one attached hydrogen (secondary N) is 1. The van der Waals surface area contributed by atoms with Crippen LogP contribution in [0, 0.1) is 0 Å². The maximum atomic E-state index is 13.1. The number of sulfonamides is 1. The Morgan fingerprint density at radius 3 is 2.41 bits per heavy atom. The summed E-state index contributed by atoms with van der Waals surface area (Å²) in [5.74, 6) is 0.536. The van der Waals surface area contributed by atoms with E-state index >= 15 is 0 Å². The summed E-state index contributed by atoms with van der Waals surface area (Å²) >= 11 is 0. The molecule has 0 saturated carbocycles. The predicted molar refractivity (Wildman–Crippen MR) is 112 cm³/mol. The highest BCUT2D eigenvalue weighted by Crippen LogP contribution is 2.26. The summed E-state index contributed by atoms with van der Waals surface area (Å²) < 4.78 is 27.7. The highest BCUT2D eigenvalue weighted by Gasteiger charge is 2.28. The number of carbonyl (C=O) groups is 1. The zero-order valence-corrected chi connectivity index (χ0v) is 17.2. The molecular weight excluding hydrogens is 388 g/mol. The minimum Gasteiger partial charge on any atom is -0.365 e. The molecule has 1 aromatic heterocycles.